The van der Waals surface area contributed by atoms with Crippen molar-refractivity contribution in [3.8, 4) is 0 Å². The maximum atomic E-state index is 13.2. The van der Waals surface area contributed by atoms with Gasteiger partial charge in [-0.05, 0) is 63.0 Å². The molecular weight excluding hydrogens is 394 g/mol. The second kappa shape index (κ2) is 7.98. The van der Waals surface area contributed by atoms with Gasteiger partial charge in [0.25, 0.3) is 5.91 Å². The van der Waals surface area contributed by atoms with Crippen molar-refractivity contribution in [1.82, 2.24) is 9.88 Å². The first-order valence-corrected chi connectivity index (χ1v) is 11.5. The molecule has 1 heterocycles. The van der Waals surface area contributed by atoms with Crippen LogP contribution in [0.5, 0.6) is 0 Å². The minimum Gasteiger partial charge on any atom is -0.308 e. The van der Waals surface area contributed by atoms with Crippen molar-refractivity contribution in [2.24, 2.45) is 0 Å². The van der Waals surface area contributed by atoms with E-state index in [1.54, 1.807) is 17.0 Å². The number of sulfone groups is 1. The van der Waals surface area contributed by atoms with Crippen LogP contribution in [0.1, 0.15) is 15.9 Å². The Balaban J connectivity index is 1.97. The van der Waals surface area contributed by atoms with Crippen LogP contribution in [0.3, 0.4) is 0 Å². The molecule has 0 spiro atoms. The number of fused-ring (bicyclic) bond motifs is 1. The lowest BCUT2D eigenvalue weighted by atomic mass is 10.2. The van der Waals surface area contributed by atoms with Crippen molar-refractivity contribution in [3.05, 3.63) is 53.6 Å². The van der Waals surface area contributed by atoms with Gasteiger partial charge in [-0.3, -0.25) is 9.69 Å². The van der Waals surface area contributed by atoms with Crippen LogP contribution in [0.2, 0.25) is 0 Å². The Hall–Kier alpha value is -2.29. The molecule has 0 saturated heterocycles. The van der Waals surface area contributed by atoms with Crippen molar-refractivity contribution in [3.63, 3.8) is 0 Å². The highest BCUT2D eigenvalue weighted by atomic mass is 32.2. The molecule has 1 aromatic heterocycles. The summed E-state index contributed by atoms with van der Waals surface area (Å²) in [6.45, 7) is 3.19. The van der Waals surface area contributed by atoms with E-state index in [0.717, 1.165) is 22.0 Å². The number of amides is 1. The average Bonchev–Trinajstić information content (AvgIpc) is 3.03. The highest BCUT2D eigenvalue weighted by molar-refractivity contribution is 7.90. The molecule has 2 aromatic carbocycles. The molecule has 0 aliphatic carbocycles. The van der Waals surface area contributed by atoms with Crippen molar-refractivity contribution >= 4 is 42.4 Å². The normalized spacial score (nSPS) is 11.9. The fourth-order valence-corrected chi connectivity index (χ4v) is 4.44. The van der Waals surface area contributed by atoms with Crippen LogP contribution in [0.15, 0.2) is 47.4 Å². The van der Waals surface area contributed by atoms with Crippen LogP contribution in [-0.2, 0) is 9.84 Å². The smallest absolute Gasteiger partial charge is 0.260 e. The Kier molecular flexibility index (Phi) is 5.83. The van der Waals surface area contributed by atoms with E-state index in [1.165, 1.54) is 23.5 Å². The summed E-state index contributed by atoms with van der Waals surface area (Å²) in [6.07, 6.45) is 1.15. The first-order chi connectivity index (χ1) is 13.1. The van der Waals surface area contributed by atoms with Gasteiger partial charge in [-0.25, -0.2) is 13.4 Å². The molecule has 0 aliphatic heterocycles. The van der Waals surface area contributed by atoms with Crippen LogP contribution >= 0.6 is 11.3 Å². The van der Waals surface area contributed by atoms with E-state index >= 15 is 0 Å². The largest absolute Gasteiger partial charge is 0.308 e. The predicted molar refractivity (Wildman–Crippen MR) is 114 cm³/mol. The van der Waals surface area contributed by atoms with Crippen molar-refractivity contribution in [2.75, 3.05) is 38.3 Å². The molecule has 0 bridgehead atoms. The number of thiazole rings is 1. The highest BCUT2D eigenvalue weighted by Gasteiger charge is 2.22. The first-order valence-electron chi connectivity index (χ1n) is 8.79. The van der Waals surface area contributed by atoms with Crippen molar-refractivity contribution < 1.29 is 13.2 Å². The number of carbonyl (C=O) groups excluding carboxylic acids is 1. The van der Waals surface area contributed by atoms with Crippen molar-refractivity contribution in [2.45, 2.75) is 11.8 Å². The summed E-state index contributed by atoms with van der Waals surface area (Å²) in [6, 6.07) is 12.1. The predicted octanol–water partition coefficient (Wildman–Crippen LogP) is 3.22. The minimum atomic E-state index is -3.30. The SMILES string of the molecule is Cc1ccc2nc(N(CCN(C)C)C(=O)c3ccc(S(C)(=O)=O)cc3)sc2c1. The minimum absolute atomic E-state index is 0.194. The number of benzene rings is 2. The molecule has 0 atom stereocenters. The Morgan fingerprint density at radius 3 is 2.36 bits per heavy atom. The number of carbonyl (C=O) groups is 1. The zero-order chi connectivity index (χ0) is 20.5. The van der Waals surface area contributed by atoms with E-state index in [1.807, 2.05) is 38.1 Å². The third-order valence-corrected chi connectivity index (χ3v) is 6.48. The molecule has 0 radical (unpaired) electrons. The zero-order valence-corrected chi connectivity index (χ0v) is 18.0. The van der Waals surface area contributed by atoms with E-state index in [0.29, 0.717) is 23.8 Å². The van der Waals surface area contributed by atoms with Gasteiger partial charge in [0.2, 0.25) is 0 Å². The van der Waals surface area contributed by atoms with Gasteiger partial charge in [0.15, 0.2) is 15.0 Å². The summed E-state index contributed by atoms with van der Waals surface area (Å²) in [7, 11) is 0.597. The summed E-state index contributed by atoms with van der Waals surface area (Å²) in [5.74, 6) is -0.197. The third kappa shape index (κ3) is 4.57. The molecule has 3 aromatic rings. The first kappa shape index (κ1) is 20.4. The van der Waals surface area contributed by atoms with Gasteiger partial charge in [-0.15, -0.1) is 0 Å². The molecular formula is C20H23N3O3S2. The topological polar surface area (TPSA) is 70.6 Å². The quantitative estimate of drug-likeness (QED) is 0.616. The number of nitrogens with zero attached hydrogens (tertiary/aromatic N) is 3. The van der Waals surface area contributed by atoms with E-state index < -0.39 is 9.84 Å². The van der Waals surface area contributed by atoms with E-state index in [-0.39, 0.29) is 10.8 Å². The number of likely N-dealkylation sites (N-methyl/N-ethyl adjacent to an activating group) is 1. The Labute approximate surface area is 169 Å². The molecule has 0 saturated carbocycles. The molecule has 148 valence electrons. The molecule has 6 nitrogen and oxygen atoms in total. The van der Waals surface area contributed by atoms with Crippen molar-refractivity contribution in [1.29, 1.82) is 0 Å². The summed E-state index contributed by atoms with van der Waals surface area (Å²) < 4.78 is 24.4. The number of aromatic nitrogens is 1. The average molecular weight is 418 g/mol. The monoisotopic (exact) mass is 417 g/mol. The van der Waals surface area contributed by atoms with Gasteiger partial charge in [0, 0.05) is 24.9 Å². The lowest BCUT2D eigenvalue weighted by Crippen LogP contribution is -2.36. The lowest BCUT2D eigenvalue weighted by Gasteiger charge is -2.22. The number of rotatable bonds is 6. The van der Waals surface area contributed by atoms with E-state index in [4.69, 9.17) is 0 Å². The molecule has 8 heteroatoms. The van der Waals surface area contributed by atoms with Gasteiger partial charge in [0.05, 0.1) is 15.1 Å². The maximum absolute atomic E-state index is 13.2. The van der Waals surface area contributed by atoms with Crippen LogP contribution in [0.25, 0.3) is 10.2 Å². The Morgan fingerprint density at radius 1 is 1.07 bits per heavy atom. The maximum Gasteiger partial charge on any atom is 0.260 e. The zero-order valence-electron chi connectivity index (χ0n) is 16.3. The van der Waals surface area contributed by atoms with Gasteiger partial charge in [0.1, 0.15) is 0 Å². The summed E-state index contributed by atoms with van der Waals surface area (Å²) in [4.78, 5) is 21.7. The fraction of sp³-hybridized carbons (Fsp3) is 0.300. The second-order valence-corrected chi connectivity index (χ2v) is 10.0. The Morgan fingerprint density at radius 2 is 1.75 bits per heavy atom. The van der Waals surface area contributed by atoms with Crippen LogP contribution in [0, 0.1) is 6.92 Å². The van der Waals surface area contributed by atoms with Gasteiger partial charge >= 0.3 is 0 Å². The molecule has 28 heavy (non-hydrogen) atoms. The lowest BCUT2D eigenvalue weighted by molar-refractivity contribution is 0.0985. The molecule has 0 unspecified atom stereocenters. The third-order valence-electron chi connectivity index (χ3n) is 4.31. The number of hydrogen-bond donors (Lipinski definition) is 0. The Bertz CT molecular complexity index is 1100. The summed E-state index contributed by atoms with van der Waals surface area (Å²) >= 11 is 1.48. The van der Waals surface area contributed by atoms with Gasteiger partial charge < -0.3 is 4.90 Å². The molecule has 3 rings (SSSR count). The highest BCUT2D eigenvalue weighted by Crippen LogP contribution is 2.30. The molecule has 0 fully saturated rings. The molecule has 0 N–H and O–H groups in total. The number of anilines is 1. The van der Waals surface area contributed by atoms with Crippen LogP contribution in [0.4, 0.5) is 5.13 Å². The number of hydrogen-bond acceptors (Lipinski definition) is 6. The van der Waals surface area contributed by atoms with Gasteiger partial charge in [-0.2, -0.15) is 0 Å². The standard InChI is InChI=1S/C20H23N3O3S2/c1-14-5-10-17-18(13-14)27-20(21-17)23(12-11-22(2)3)19(24)15-6-8-16(9-7-15)28(4,25)26/h5-10,13H,11-12H2,1-4H3. The van der Waals surface area contributed by atoms with E-state index in [9.17, 15) is 13.2 Å². The van der Waals surface area contributed by atoms with Crippen LogP contribution < -0.4 is 4.90 Å². The summed E-state index contributed by atoms with van der Waals surface area (Å²) in [5.41, 5.74) is 2.44. The van der Waals surface area contributed by atoms with Crippen LogP contribution in [-0.4, -0.2) is 57.6 Å². The molecule has 0 aliphatic rings. The number of aryl methyl sites for hydroxylation is 1. The summed E-state index contributed by atoms with van der Waals surface area (Å²) in [5, 5.41) is 0.639. The van der Waals surface area contributed by atoms with E-state index in [2.05, 4.69) is 11.1 Å². The van der Waals surface area contributed by atoms with Gasteiger partial charge in [-0.1, -0.05) is 17.4 Å². The fourth-order valence-electron chi connectivity index (χ4n) is 2.72. The molecule has 1 amide bonds. The second-order valence-electron chi connectivity index (χ2n) is 7.02.